The number of urea groups is 1. The van der Waals surface area contributed by atoms with Crippen LogP contribution in [0.1, 0.15) is 26.2 Å². The highest BCUT2D eigenvalue weighted by molar-refractivity contribution is 5.91. The number of amides is 2. The highest BCUT2D eigenvalue weighted by Gasteiger charge is 2.34. The molecule has 2 heterocycles. The van der Waals surface area contributed by atoms with Crippen LogP contribution in [0.15, 0.2) is 36.7 Å². The summed E-state index contributed by atoms with van der Waals surface area (Å²) in [6.45, 7) is 3.36. The van der Waals surface area contributed by atoms with E-state index in [9.17, 15) is 14.3 Å². The third-order valence-electron chi connectivity index (χ3n) is 5.15. The maximum atomic E-state index is 13.7. The second kappa shape index (κ2) is 7.23. The molecule has 1 fully saturated rings. The summed E-state index contributed by atoms with van der Waals surface area (Å²) in [5, 5.41) is 16.5. The Bertz CT molecular complexity index is 719. The molecule has 1 aliphatic heterocycles. The number of rotatable bonds is 4. The number of nitrogens with zero attached hydrogens (tertiary/aromatic N) is 3. The molecule has 25 heavy (non-hydrogen) atoms. The van der Waals surface area contributed by atoms with Gasteiger partial charge in [0.2, 0.25) is 0 Å². The van der Waals surface area contributed by atoms with E-state index in [0.717, 1.165) is 19.3 Å². The first-order valence-electron chi connectivity index (χ1n) is 8.53. The molecule has 0 atom stereocenters. The number of anilines is 1. The van der Waals surface area contributed by atoms with E-state index in [1.54, 1.807) is 34.1 Å². The van der Waals surface area contributed by atoms with Crippen molar-refractivity contribution in [3.05, 3.63) is 42.5 Å². The van der Waals surface area contributed by atoms with Crippen LogP contribution in [0.25, 0.3) is 5.69 Å². The molecule has 6 nitrogen and oxygen atoms in total. The number of halogens is 1. The van der Waals surface area contributed by atoms with Gasteiger partial charge in [-0.3, -0.25) is 0 Å². The Balaban J connectivity index is 1.73. The molecule has 0 unspecified atom stereocenters. The maximum absolute atomic E-state index is 13.7. The standard InChI is InChI=1S/C18H23FN4O2/c1-2-18(13-24)6-10-22(11-7-18)17(25)21-15-12-14(19)4-5-16(15)23-9-3-8-20-23/h3-5,8-9,12,24H,2,6-7,10-11,13H2,1H3,(H,21,25). The number of likely N-dealkylation sites (tertiary alicyclic amines) is 1. The van der Waals surface area contributed by atoms with Crippen molar-refractivity contribution in [1.29, 1.82) is 0 Å². The summed E-state index contributed by atoms with van der Waals surface area (Å²) in [6, 6.07) is 5.72. The minimum atomic E-state index is -0.421. The monoisotopic (exact) mass is 346 g/mol. The first-order chi connectivity index (χ1) is 12.1. The molecular formula is C18H23FN4O2. The highest BCUT2D eigenvalue weighted by Crippen LogP contribution is 2.34. The van der Waals surface area contributed by atoms with Crippen LogP contribution < -0.4 is 5.32 Å². The van der Waals surface area contributed by atoms with Gasteiger partial charge in [0.05, 0.1) is 11.4 Å². The van der Waals surface area contributed by atoms with Crippen LogP contribution in [0.3, 0.4) is 0 Å². The average molecular weight is 346 g/mol. The van der Waals surface area contributed by atoms with E-state index in [4.69, 9.17) is 0 Å². The Kier molecular flexibility index (Phi) is 5.03. The predicted octanol–water partition coefficient (Wildman–Crippen LogP) is 3.03. The molecule has 1 saturated heterocycles. The molecule has 2 aromatic rings. The normalized spacial score (nSPS) is 16.7. The van der Waals surface area contributed by atoms with Crippen molar-refractivity contribution in [3.63, 3.8) is 0 Å². The molecule has 0 radical (unpaired) electrons. The minimum absolute atomic E-state index is 0.0874. The fourth-order valence-electron chi connectivity index (χ4n) is 3.22. The molecule has 3 rings (SSSR count). The average Bonchev–Trinajstić information content (AvgIpc) is 3.16. The zero-order valence-electron chi connectivity index (χ0n) is 14.3. The molecule has 1 aromatic heterocycles. The van der Waals surface area contributed by atoms with Crippen molar-refractivity contribution in [2.24, 2.45) is 5.41 Å². The Morgan fingerprint density at radius 1 is 1.40 bits per heavy atom. The van der Waals surface area contributed by atoms with Crippen molar-refractivity contribution in [2.75, 3.05) is 25.0 Å². The molecular weight excluding hydrogens is 323 g/mol. The first kappa shape index (κ1) is 17.4. The summed E-state index contributed by atoms with van der Waals surface area (Å²) < 4.78 is 15.2. The molecule has 1 aliphatic rings. The van der Waals surface area contributed by atoms with Gasteiger partial charge in [0.1, 0.15) is 5.82 Å². The number of hydrogen-bond donors (Lipinski definition) is 2. The molecule has 7 heteroatoms. The Hall–Kier alpha value is -2.41. The lowest BCUT2D eigenvalue weighted by atomic mass is 9.77. The number of nitrogens with one attached hydrogen (secondary N) is 1. The van der Waals surface area contributed by atoms with Gasteiger partial charge in [-0.15, -0.1) is 0 Å². The smallest absolute Gasteiger partial charge is 0.321 e. The van der Waals surface area contributed by atoms with Crippen molar-refractivity contribution >= 4 is 11.7 Å². The van der Waals surface area contributed by atoms with Crippen LogP contribution in [0.4, 0.5) is 14.9 Å². The first-order valence-corrected chi connectivity index (χ1v) is 8.53. The van der Waals surface area contributed by atoms with E-state index in [1.807, 2.05) is 0 Å². The molecule has 2 amide bonds. The van der Waals surface area contributed by atoms with Crippen LogP contribution in [0, 0.1) is 11.2 Å². The Morgan fingerprint density at radius 2 is 2.16 bits per heavy atom. The van der Waals surface area contributed by atoms with E-state index in [1.165, 1.54) is 12.1 Å². The number of piperidine rings is 1. The van der Waals surface area contributed by atoms with Crippen molar-refractivity contribution in [2.45, 2.75) is 26.2 Å². The van der Waals surface area contributed by atoms with Gasteiger partial charge in [-0.2, -0.15) is 5.10 Å². The number of carbonyl (C=O) groups excluding carboxylic acids is 1. The largest absolute Gasteiger partial charge is 0.396 e. The van der Waals surface area contributed by atoms with Gasteiger partial charge < -0.3 is 15.3 Å². The third kappa shape index (κ3) is 3.66. The summed E-state index contributed by atoms with van der Waals surface area (Å²) in [4.78, 5) is 14.3. The zero-order valence-corrected chi connectivity index (χ0v) is 14.3. The second-order valence-corrected chi connectivity index (χ2v) is 6.54. The van der Waals surface area contributed by atoms with Gasteiger partial charge >= 0.3 is 6.03 Å². The topological polar surface area (TPSA) is 70.4 Å². The van der Waals surface area contributed by atoms with E-state index in [0.29, 0.717) is 24.5 Å². The summed E-state index contributed by atoms with van der Waals surface area (Å²) in [7, 11) is 0. The SMILES string of the molecule is CCC1(CO)CCN(C(=O)Nc2cc(F)ccc2-n2cccn2)CC1. The molecule has 0 spiro atoms. The van der Waals surface area contributed by atoms with Gasteiger partial charge in [-0.1, -0.05) is 6.92 Å². The molecule has 0 saturated carbocycles. The zero-order chi connectivity index (χ0) is 17.9. The molecule has 1 aromatic carbocycles. The van der Waals surface area contributed by atoms with Gasteiger partial charge in [0.25, 0.3) is 0 Å². The third-order valence-corrected chi connectivity index (χ3v) is 5.15. The number of aliphatic hydroxyl groups excluding tert-OH is 1. The highest BCUT2D eigenvalue weighted by atomic mass is 19.1. The summed E-state index contributed by atoms with van der Waals surface area (Å²) >= 11 is 0. The lowest BCUT2D eigenvalue weighted by Crippen LogP contribution is -2.46. The fraction of sp³-hybridized carbons (Fsp3) is 0.444. The number of benzene rings is 1. The number of hydrogen-bond acceptors (Lipinski definition) is 3. The molecule has 0 aliphatic carbocycles. The van der Waals surface area contributed by atoms with E-state index in [2.05, 4.69) is 17.3 Å². The van der Waals surface area contributed by atoms with Crippen LogP contribution in [0.5, 0.6) is 0 Å². The summed E-state index contributed by atoms with van der Waals surface area (Å²) in [5.74, 6) is -0.421. The van der Waals surface area contributed by atoms with E-state index < -0.39 is 5.82 Å². The Morgan fingerprint density at radius 3 is 2.76 bits per heavy atom. The van der Waals surface area contributed by atoms with Crippen LogP contribution >= 0.6 is 0 Å². The lowest BCUT2D eigenvalue weighted by molar-refractivity contribution is 0.0542. The lowest BCUT2D eigenvalue weighted by Gasteiger charge is -2.40. The van der Waals surface area contributed by atoms with E-state index >= 15 is 0 Å². The van der Waals surface area contributed by atoms with Crippen LogP contribution in [0.2, 0.25) is 0 Å². The van der Waals surface area contributed by atoms with Gasteiger partial charge in [0, 0.05) is 32.1 Å². The van der Waals surface area contributed by atoms with Crippen molar-refractivity contribution < 1.29 is 14.3 Å². The van der Waals surface area contributed by atoms with Gasteiger partial charge in [-0.05, 0) is 48.9 Å². The minimum Gasteiger partial charge on any atom is -0.396 e. The number of carbonyl (C=O) groups is 1. The maximum Gasteiger partial charge on any atom is 0.321 e. The fourth-order valence-corrected chi connectivity index (χ4v) is 3.22. The molecule has 0 bridgehead atoms. The number of aliphatic hydroxyl groups is 1. The predicted molar refractivity (Wildman–Crippen MR) is 93.2 cm³/mol. The van der Waals surface area contributed by atoms with Crippen molar-refractivity contribution in [3.8, 4) is 5.69 Å². The van der Waals surface area contributed by atoms with Crippen LogP contribution in [-0.4, -0.2) is 45.5 Å². The van der Waals surface area contributed by atoms with Gasteiger partial charge in [-0.25, -0.2) is 13.9 Å². The van der Waals surface area contributed by atoms with E-state index in [-0.39, 0.29) is 18.1 Å². The molecule has 2 N–H and O–H groups in total. The number of aromatic nitrogens is 2. The van der Waals surface area contributed by atoms with Crippen LogP contribution in [-0.2, 0) is 0 Å². The molecule has 134 valence electrons. The van der Waals surface area contributed by atoms with Crippen molar-refractivity contribution in [1.82, 2.24) is 14.7 Å². The Labute approximate surface area is 146 Å². The summed E-state index contributed by atoms with van der Waals surface area (Å²) in [6.07, 6.45) is 5.79. The second-order valence-electron chi connectivity index (χ2n) is 6.54. The quantitative estimate of drug-likeness (QED) is 0.894. The summed E-state index contributed by atoms with van der Waals surface area (Å²) in [5.41, 5.74) is 0.897. The van der Waals surface area contributed by atoms with Gasteiger partial charge in [0.15, 0.2) is 0 Å².